The summed E-state index contributed by atoms with van der Waals surface area (Å²) in [5.41, 5.74) is 0.220. The highest BCUT2D eigenvalue weighted by atomic mass is 16.5. The van der Waals surface area contributed by atoms with Crippen LogP contribution in [-0.2, 0) is 9.47 Å². The Hall–Kier alpha value is -0.0800. The first-order chi connectivity index (χ1) is 7.95. The zero-order valence-electron chi connectivity index (χ0n) is 12.7. The Bertz CT molecular complexity index is 156. The van der Waals surface area contributed by atoms with Crippen LogP contribution in [0, 0.1) is 17.3 Å². The highest BCUT2D eigenvalue weighted by Gasteiger charge is 2.30. The van der Waals surface area contributed by atoms with Gasteiger partial charge in [0, 0.05) is 19.6 Å². The monoisotopic (exact) mass is 244 g/mol. The molecule has 17 heavy (non-hydrogen) atoms. The van der Waals surface area contributed by atoms with Crippen molar-refractivity contribution in [2.45, 2.75) is 53.4 Å². The van der Waals surface area contributed by atoms with Gasteiger partial charge in [-0.05, 0) is 24.7 Å². The van der Waals surface area contributed by atoms with Gasteiger partial charge in [-0.25, -0.2) is 0 Å². The van der Waals surface area contributed by atoms with Gasteiger partial charge in [0.1, 0.15) is 0 Å². The molecule has 0 aliphatic rings. The average Bonchev–Trinajstić information content (AvgIpc) is 2.24. The lowest BCUT2D eigenvalue weighted by atomic mass is 9.77. The minimum atomic E-state index is 0.220. The summed E-state index contributed by atoms with van der Waals surface area (Å²) in [5.74, 6) is 1.50. The van der Waals surface area contributed by atoms with Crippen molar-refractivity contribution in [2.24, 2.45) is 17.3 Å². The van der Waals surface area contributed by atoms with Crippen LogP contribution >= 0.6 is 0 Å². The third-order valence-electron chi connectivity index (χ3n) is 3.41. The zero-order valence-corrected chi connectivity index (χ0v) is 12.7. The average molecular weight is 244 g/mol. The molecule has 0 heterocycles. The van der Waals surface area contributed by atoms with Gasteiger partial charge in [-0.1, -0.05) is 40.5 Å². The smallest absolute Gasteiger partial charge is 0.0540 e. The van der Waals surface area contributed by atoms with Crippen LogP contribution in [0.5, 0.6) is 0 Å². The van der Waals surface area contributed by atoms with Crippen molar-refractivity contribution in [3.63, 3.8) is 0 Å². The highest BCUT2D eigenvalue weighted by molar-refractivity contribution is 4.80. The molecule has 0 N–H and O–H groups in total. The second-order valence-electron chi connectivity index (χ2n) is 6.23. The van der Waals surface area contributed by atoms with Crippen molar-refractivity contribution in [1.82, 2.24) is 0 Å². The Balaban J connectivity index is 4.47. The molecule has 0 saturated heterocycles. The van der Waals surface area contributed by atoms with Gasteiger partial charge in [0.15, 0.2) is 0 Å². The predicted molar refractivity (Wildman–Crippen MR) is 74.3 cm³/mol. The van der Waals surface area contributed by atoms with Gasteiger partial charge in [-0.3, -0.25) is 0 Å². The summed E-state index contributed by atoms with van der Waals surface area (Å²) in [4.78, 5) is 0. The maximum atomic E-state index is 5.44. The standard InChI is InChI=1S/C15H32O2/c1-13(2)7-9-15(11-16-5,12-17-6)10-8-14(3)4/h13-14H,7-12H2,1-6H3. The maximum absolute atomic E-state index is 5.44. The van der Waals surface area contributed by atoms with Crippen molar-refractivity contribution in [3.8, 4) is 0 Å². The Kier molecular flexibility index (Phi) is 8.89. The first-order valence-corrected chi connectivity index (χ1v) is 6.93. The van der Waals surface area contributed by atoms with Gasteiger partial charge in [0.2, 0.25) is 0 Å². The molecule has 2 heteroatoms. The minimum Gasteiger partial charge on any atom is -0.384 e. The van der Waals surface area contributed by atoms with Gasteiger partial charge in [0.25, 0.3) is 0 Å². The Labute approximate surface area is 108 Å². The second-order valence-corrected chi connectivity index (χ2v) is 6.23. The lowest BCUT2D eigenvalue weighted by molar-refractivity contribution is -0.00747. The fourth-order valence-electron chi connectivity index (χ4n) is 2.26. The fraction of sp³-hybridized carbons (Fsp3) is 1.00. The first-order valence-electron chi connectivity index (χ1n) is 6.93. The first kappa shape index (κ1) is 16.9. The molecule has 0 amide bonds. The summed E-state index contributed by atoms with van der Waals surface area (Å²) in [7, 11) is 3.60. The number of methoxy groups -OCH3 is 2. The van der Waals surface area contributed by atoms with E-state index in [2.05, 4.69) is 27.7 Å². The summed E-state index contributed by atoms with van der Waals surface area (Å²) in [6.07, 6.45) is 4.92. The number of rotatable bonds is 10. The Morgan fingerprint density at radius 1 is 0.765 bits per heavy atom. The molecule has 2 nitrogen and oxygen atoms in total. The van der Waals surface area contributed by atoms with E-state index in [1.54, 1.807) is 14.2 Å². The van der Waals surface area contributed by atoms with Gasteiger partial charge >= 0.3 is 0 Å². The molecule has 0 unspecified atom stereocenters. The van der Waals surface area contributed by atoms with Gasteiger partial charge in [0.05, 0.1) is 13.2 Å². The summed E-state index contributed by atoms with van der Waals surface area (Å²) in [6.45, 7) is 10.8. The van der Waals surface area contributed by atoms with E-state index >= 15 is 0 Å². The molecule has 0 atom stereocenters. The minimum absolute atomic E-state index is 0.220. The van der Waals surface area contributed by atoms with E-state index in [0.29, 0.717) is 0 Å². The van der Waals surface area contributed by atoms with Crippen LogP contribution in [-0.4, -0.2) is 27.4 Å². The molecule has 0 aliphatic carbocycles. The van der Waals surface area contributed by atoms with E-state index in [1.165, 1.54) is 25.7 Å². The van der Waals surface area contributed by atoms with Crippen LogP contribution in [0.1, 0.15) is 53.4 Å². The third-order valence-corrected chi connectivity index (χ3v) is 3.41. The van der Waals surface area contributed by atoms with Crippen molar-refractivity contribution in [3.05, 3.63) is 0 Å². The number of ether oxygens (including phenoxy) is 2. The van der Waals surface area contributed by atoms with Crippen LogP contribution in [0.2, 0.25) is 0 Å². The highest BCUT2D eigenvalue weighted by Crippen LogP contribution is 2.33. The third kappa shape index (κ3) is 7.77. The van der Waals surface area contributed by atoms with Crippen LogP contribution < -0.4 is 0 Å². The number of hydrogen-bond acceptors (Lipinski definition) is 2. The largest absolute Gasteiger partial charge is 0.384 e. The van der Waals surface area contributed by atoms with E-state index in [4.69, 9.17) is 9.47 Å². The lowest BCUT2D eigenvalue weighted by Crippen LogP contribution is -2.32. The summed E-state index contributed by atoms with van der Waals surface area (Å²) in [6, 6.07) is 0. The van der Waals surface area contributed by atoms with Crippen molar-refractivity contribution in [2.75, 3.05) is 27.4 Å². The second kappa shape index (κ2) is 8.93. The molecular formula is C15H32O2. The molecule has 0 aliphatic heterocycles. The molecule has 0 aromatic rings. The van der Waals surface area contributed by atoms with Gasteiger partial charge in [-0.15, -0.1) is 0 Å². The van der Waals surface area contributed by atoms with E-state index in [1.807, 2.05) is 0 Å². The van der Waals surface area contributed by atoms with E-state index in [-0.39, 0.29) is 5.41 Å². The van der Waals surface area contributed by atoms with Crippen LogP contribution in [0.15, 0.2) is 0 Å². The van der Waals surface area contributed by atoms with Crippen LogP contribution in [0.25, 0.3) is 0 Å². The lowest BCUT2D eigenvalue weighted by Gasteiger charge is -2.34. The Morgan fingerprint density at radius 3 is 1.35 bits per heavy atom. The quantitative estimate of drug-likeness (QED) is 0.575. The molecule has 0 fully saturated rings. The molecule has 0 aromatic carbocycles. The van der Waals surface area contributed by atoms with Crippen molar-refractivity contribution < 1.29 is 9.47 Å². The topological polar surface area (TPSA) is 18.5 Å². The molecule has 0 aromatic heterocycles. The van der Waals surface area contributed by atoms with Crippen molar-refractivity contribution in [1.29, 1.82) is 0 Å². The molecule has 0 radical (unpaired) electrons. The van der Waals surface area contributed by atoms with E-state index in [9.17, 15) is 0 Å². The predicted octanol–water partition coefficient (Wildman–Crippen LogP) is 4.14. The normalized spacial score (nSPS) is 12.7. The zero-order chi connectivity index (χ0) is 13.3. The fourth-order valence-corrected chi connectivity index (χ4v) is 2.26. The van der Waals surface area contributed by atoms with Crippen LogP contribution in [0.3, 0.4) is 0 Å². The summed E-state index contributed by atoms with van der Waals surface area (Å²) >= 11 is 0. The SMILES string of the molecule is COCC(CCC(C)C)(CCC(C)C)COC. The number of hydrogen-bond donors (Lipinski definition) is 0. The van der Waals surface area contributed by atoms with Gasteiger partial charge in [-0.2, -0.15) is 0 Å². The van der Waals surface area contributed by atoms with Crippen LogP contribution in [0.4, 0.5) is 0 Å². The summed E-state index contributed by atoms with van der Waals surface area (Å²) < 4.78 is 10.9. The molecule has 0 bridgehead atoms. The molecule has 0 rings (SSSR count). The molecule has 0 spiro atoms. The molecule has 0 saturated carbocycles. The van der Waals surface area contributed by atoms with Gasteiger partial charge < -0.3 is 9.47 Å². The maximum Gasteiger partial charge on any atom is 0.0540 e. The van der Waals surface area contributed by atoms with E-state index in [0.717, 1.165) is 25.0 Å². The molecule has 104 valence electrons. The molecular weight excluding hydrogens is 212 g/mol. The van der Waals surface area contributed by atoms with Crippen molar-refractivity contribution >= 4 is 0 Å². The Morgan fingerprint density at radius 2 is 1.12 bits per heavy atom. The van der Waals surface area contributed by atoms with E-state index < -0.39 is 0 Å². The summed E-state index contributed by atoms with van der Waals surface area (Å²) in [5, 5.41) is 0.